The summed E-state index contributed by atoms with van der Waals surface area (Å²) < 4.78 is 0. The fourth-order valence-electron chi connectivity index (χ4n) is 2.44. The molecule has 1 heterocycles. The molecule has 4 heteroatoms. The largest absolute Gasteiger partial charge is 0.501 e. The Morgan fingerprint density at radius 1 is 0.850 bits per heavy atom. The van der Waals surface area contributed by atoms with Crippen molar-refractivity contribution in [1.29, 1.82) is 0 Å². The predicted molar refractivity (Wildman–Crippen MR) is 81.1 cm³/mol. The van der Waals surface area contributed by atoms with E-state index in [1.807, 2.05) is 18.2 Å². The number of hydrogen-bond donors (Lipinski definition) is 2. The highest BCUT2D eigenvalue weighted by atomic mass is 16.3. The molecule has 0 atom stereocenters. The molecule has 2 aromatic rings. The Kier molecular flexibility index (Phi) is 3.26. The van der Waals surface area contributed by atoms with Gasteiger partial charge in [0.2, 0.25) is 0 Å². The third-order valence-electron chi connectivity index (χ3n) is 3.60. The highest BCUT2D eigenvalue weighted by Gasteiger charge is 2.17. The lowest BCUT2D eigenvalue weighted by atomic mass is 10.2. The minimum Gasteiger partial charge on any atom is -0.501 e. The molecular weight excluding hydrogens is 250 g/mol. The average Bonchev–Trinajstić information content (AvgIpc) is 2.49. The van der Waals surface area contributed by atoms with Gasteiger partial charge in [-0.05, 0) is 48.5 Å². The molecule has 3 N–H and O–H groups in total. The van der Waals surface area contributed by atoms with Gasteiger partial charge in [-0.25, -0.2) is 0 Å². The SMILES string of the molecule is Nc1ccc(N2CCN(c3c#cc(O)cc3)CC2)cc1. The average molecular weight is 267 g/mol. The smallest absolute Gasteiger partial charge is 0.167 e. The van der Waals surface area contributed by atoms with Gasteiger partial charge in [-0.15, -0.1) is 0 Å². The highest BCUT2D eigenvalue weighted by Crippen LogP contribution is 2.21. The van der Waals surface area contributed by atoms with Crippen molar-refractivity contribution in [1.82, 2.24) is 0 Å². The van der Waals surface area contributed by atoms with Gasteiger partial charge in [0.25, 0.3) is 0 Å². The van der Waals surface area contributed by atoms with Crippen LogP contribution in [-0.4, -0.2) is 31.3 Å². The Hall–Kier alpha value is -2.54. The number of piperazine rings is 1. The Balaban J connectivity index is 1.64. The van der Waals surface area contributed by atoms with E-state index in [1.54, 1.807) is 6.07 Å². The van der Waals surface area contributed by atoms with E-state index in [0.717, 1.165) is 37.6 Å². The lowest BCUT2D eigenvalue weighted by Crippen LogP contribution is -2.46. The molecule has 1 fully saturated rings. The molecule has 0 amide bonds. The number of rotatable bonds is 2. The molecule has 3 rings (SSSR count). The van der Waals surface area contributed by atoms with Crippen molar-refractivity contribution in [2.24, 2.45) is 0 Å². The van der Waals surface area contributed by atoms with Gasteiger partial charge in [-0.2, -0.15) is 0 Å². The summed E-state index contributed by atoms with van der Waals surface area (Å²) in [5.74, 6) is 0.134. The van der Waals surface area contributed by atoms with Gasteiger partial charge in [-0.1, -0.05) is 0 Å². The summed E-state index contributed by atoms with van der Waals surface area (Å²) in [6, 6.07) is 17.2. The van der Waals surface area contributed by atoms with E-state index in [4.69, 9.17) is 5.73 Å². The Morgan fingerprint density at radius 3 is 2.10 bits per heavy atom. The zero-order valence-electron chi connectivity index (χ0n) is 11.2. The summed E-state index contributed by atoms with van der Waals surface area (Å²) in [6.45, 7) is 3.77. The number of hydrogen-bond acceptors (Lipinski definition) is 4. The third-order valence-corrected chi connectivity index (χ3v) is 3.60. The van der Waals surface area contributed by atoms with Crippen LogP contribution in [-0.2, 0) is 0 Å². The summed E-state index contributed by atoms with van der Waals surface area (Å²) >= 11 is 0. The van der Waals surface area contributed by atoms with E-state index in [9.17, 15) is 5.11 Å². The molecule has 0 bridgehead atoms. The minimum absolute atomic E-state index is 0.134. The van der Waals surface area contributed by atoms with Crippen molar-refractivity contribution in [3.05, 3.63) is 48.5 Å². The third kappa shape index (κ3) is 2.57. The molecule has 0 radical (unpaired) electrons. The molecule has 1 aliphatic rings. The van der Waals surface area contributed by atoms with Gasteiger partial charge in [-0.3, -0.25) is 0 Å². The van der Waals surface area contributed by atoms with Gasteiger partial charge in [0, 0.05) is 37.6 Å². The zero-order valence-corrected chi connectivity index (χ0v) is 11.2. The quantitative estimate of drug-likeness (QED) is 0.816. The molecule has 0 unspecified atom stereocenters. The van der Waals surface area contributed by atoms with Gasteiger partial charge in [0.15, 0.2) is 5.75 Å². The van der Waals surface area contributed by atoms with Gasteiger partial charge in [0.1, 0.15) is 0 Å². The summed E-state index contributed by atoms with van der Waals surface area (Å²) in [7, 11) is 0. The van der Waals surface area contributed by atoms with E-state index in [-0.39, 0.29) is 5.75 Å². The monoisotopic (exact) mass is 267 g/mol. The molecule has 0 saturated carbocycles. The molecule has 1 saturated heterocycles. The van der Waals surface area contributed by atoms with Crippen molar-refractivity contribution in [3.63, 3.8) is 0 Å². The van der Waals surface area contributed by atoms with Crippen molar-refractivity contribution in [2.75, 3.05) is 41.7 Å². The van der Waals surface area contributed by atoms with E-state index in [0.29, 0.717) is 0 Å². The molecular formula is C16H17N3O. The van der Waals surface area contributed by atoms with Gasteiger partial charge in [0.05, 0.1) is 5.69 Å². The number of aromatic hydroxyl groups is 1. The summed E-state index contributed by atoms with van der Waals surface area (Å²) in [4.78, 5) is 4.60. The second-order valence-electron chi connectivity index (χ2n) is 4.92. The van der Waals surface area contributed by atoms with Crippen molar-refractivity contribution in [2.45, 2.75) is 0 Å². The maximum Gasteiger partial charge on any atom is 0.167 e. The van der Waals surface area contributed by atoms with Crippen LogP contribution in [0.25, 0.3) is 0 Å². The number of benzene rings is 1. The number of nitrogens with zero attached hydrogens (tertiary/aromatic N) is 2. The van der Waals surface area contributed by atoms with Crippen molar-refractivity contribution >= 4 is 17.1 Å². The minimum atomic E-state index is 0.134. The predicted octanol–water partition coefficient (Wildman–Crippen LogP) is 1.90. The molecule has 4 nitrogen and oxygen atoms in total. The van der Waals surface area contributed by atoms with Crippen LogP contribution in [0, 0.1) is 12.1 Å². The maximum absolute atomic E-state index is 9.24. The molecule has 0 spiro atoms. The fourth-order valence-corrected chi connectivity index (χ4v) is 2.44. The summed E-state index contributed by atoms with van der Waals surface area (Å²) in [5, 5.41) is 9.24. The second kappa shape index (κ2) is 5.22. The molecule has 0 aromatic heterocycles. The van der Waals surface area contributed by atoms with Crippen molar-refractivity contribution in [3.8, 4) is 5.75 Å². The van der Waals surface area contributed by atoms with E-state index >= 15 is 0 Å². The molecule has 1 aliphatic heterocycles. The first kappa shape index (κ1) is 12.5. The van der Waals surface area contributed by atoms with E-state index < -0.39 is 0 Å². The van der Waals surface area contributed by atoms with Crippen LogP contribution in [0.15, 0.2) is 36.4 Å². The van der Waals surface area contributed by atoms with Crippen LogP contribution >= 0.6 is 0 Å². The highest BCUT2D eigenvalue weighted by molar-refractivity contribution is 5.55. The van der Waals surface area contributed by atoms with E-state index in [1.165, 1.54) is 5.69 Å². The van der Waals surface area contributed by atoms with Gasteiger partial charge >= 0.3 is 0 Å². The van der Waals surface area contributed by atoms with Gasteiger partial charge < -0.3 is 20.6 Å². The fraction of sp³-hybridized carbons (Fsp3) is 0.250. The van der Waals surface area contributed by atoms with Crippen LogP contribution in [0.4, 0.5) is 17.1 Å². The van der Waals surface area contributed by atoms with Crippen LogP contribution in [0.2, 0.25) is 0 Å². The standard InChI is InChI=1S/C16H17N3O/c17-13-1-3-14(4-2-13)18-9-11-19(12-10-18)15-5-7-16(20)8-6-15/h1-5,7,20H,9-12,17H2. The first-order chi connectivity index (χ1) is 9.72. The lowest BCUT2D eigenvalue weighted by Gasteiger charge is -2.36. The van der Waals surface area contributed by atoms with E-state index in [2.05, 4.69) is 34.1 Å². The Bertz CT molecular complexity index is 504. The molecule has 2 aromatic carbocycles. The van der Waals surface area contributed by atoms with Crippen LogP contribution in [0.3, 0.4) is 0 Å². The normalized spacial score (nSPS) is 15.0. The Morgan fingerprint density at radius 2 is 1.50 bits per heavy atom. The Labute approximate surface area is 119 Å². The van der Waals surface area contributed by atoms with Crippen LogP contribution < -0.4 is 15.5 Å². The topological polar surface area (TPSA) is 52.7 Å². The zero-order chi connectivity index (χ0) is 13.9. The number of nitrogens with two attached hydrogens (primary N) is 1. The molecule has 20 heavy (non-hydrogen) atoms. The number of anilines is 3. The van der Waals surface area contributed by atoms with Crippen molar-refractivity contribution < 1.29 is 5.11 Å². The first-order valence-corrected chi connectivity index (χ1v) is 6.71. The lowest BCUT2D eigenvalue weighted by molar-refractivity contribution is 0.475. The summed E-state index contributed by atoms with van der Waals surface area (Å²) in [6.07, 6.45) is 0. The van der Waals surface area contributed by atoms with Crippen LogP contribution in [0.5, 0.6) is 5.75 Å². The number of nitrogen functional groups attached to an aromatic ring is 1. The maximum atomic E-state index is 9.24. The first-order valence-electron chi connectivity index (χ1n) is 6.71. The van der Waals surface area contributed by atoms with Crippen LogP contribution in [0.1, 0.15) is 0 Å². The second-order valence-corrected chi connectivity index (χ2v) is 4.92. The molecule has 102 valence electrons. The molecule has 0 aliphatic carbocycles. The summed E-state index contributed by atoms with van der Waals surface area (Å²) in [5.41, 5.74) is 8.70.